The molecule has 1 atom stereocenters. The van der Waals surface area contributed by atoms with Gasteiger partial charge in [-0.1, -0.05) is 57.4 Å². The van der Waals surface area contributed by atoms with Gasteiger partial charge in [0.2, 0.25) is 0 Å². The first-order valence-electron chi connectivity index (χ1n) is 9.89. The molecule has 0 aliphatic rings. The Balaban J connectivity index is 1.76. The van der Waals surface area contributed by atoms with Gasteiger partial charge < -0.3 is 15.2 Å². The van der Waals surface area contributed by atoms with Crippen LogP contribution >= 0.6 is 0 Å². The summed E-state index contributed by atoms with van der Waals surface area (Å²) in [4.78, 5) is 12.1. The average molecular weight is 370 g/mol. The highest BCUT2D eigenvalue weighted by atomic mass is 16.5. The Morgan fingerprint density at radius 3 is 2.22 bits per heavy atom. The third-order valence-electron chi connectivity index (χ3n) is 4.65. The third-order valence-corrected chi connectivity index (χ3v) is 4.65. The Bertz CT molecular complexity index is 680. The highest BCUT2D eigenvalue weighted by Gasteiger charge is 2.10. The molecule has 1 amide bonds. The van der Waals surface area contributed by atoms with E-state index >= 15 is 0 Å². The molecular formula is C23H31NO3. The molecule has 0 heterocycles. The van der Waals surface area contributed by atoms with Crippen molar-refractivity contribution in [2.75, 3.05) is 6.61 Å². The fourth-order valence-corrected chi connectivity index (χ4v) is 2.99. The second-order valence-electron chi connectivity index (χ2n) is 6.94. The number of carbonyl (C=O) groups excluding carboxylic acids is 1. The van der Waals surface area contributed by atoms with Crippen molar-refractivity contribution in [3.8, 4) is 11.5 Å². The maximum atomic E-state index is 12.1. The molecule has 0 radical (unpaired) electrons. The molecule has 0 aromatic heterocycles. The van der Waals surface area contributed by atoms with Crippen LogP contribution in [0.2, 0.25) is 0 Å². The number of amides is 1. The zero-order valence-corrected chi connectivity index (χ0v) is 16.4. The number of ether oxygens (including phenoxy) is 1. The van der Waals surface area contributed by atoms with Crippen molar-refractivity contribution in [2.24, 2.45) is 0 Å². The Morgan fingerprint density at radius 1 is 1.00 bits per heavy atom. The number of phenolic OH excluding ortho intramolecular Hbond substituents is 1. The Kier molecular flexibility index (Phi) is 8.69. The summed E-state index contributed by atoms with van der Waals surface area (Å²) in [5, 5.41) is 12.4. The molecule has 0 aliphatic carbocycles. The van der Waals surface area contributed by atoms with Crippen LogP contribution in [0.3, 0.4) is 0 Å². The summed E-state index contributed by atoms with van der Waals surface area (Å²) < 4.78 is 5.61. The van der Waals surface area contributed by atoms with E-state index in [0.717, 1.165) is 36.8 Å². The van der Waals surface area contributed by atoms with Gasteiger partial charge in [-0.15, -0.1) is 0 Å². The molecule has 146 valence electrons. The summed E-state index contributed by atoms with van der Waals surface area (Å²) in [6.45, 7) is 4.33. The quantitative estimate of drug-likeness (QED) is 0.557. The van der Waals surface area contributed by atoms with Gasteiger partial charge in [-0.05, 0) is 54.7 Å². The van der Waals surface area contributed by atoms with Gasteiger partial charge in [-0.2, -0.15) is 0 Å². The number of phenols is 1. The van der Waals surface area contributed by atoms with Gasteiger partial charge in [0.15, 0.2) is 6.61 Å². The maximum absolute atomic E-state index is 12.1. The van der Waals surface area contributed by atoms with E-state index in [0.29, 0.717) is 5.75 Å². The number of unbranched alkanes of at least 4 members (excludes halogenated alkanes) is 2. The molecule has 2 aromatic rings. The van der Waals surface area contributed by atoms with Crippen LogP contribution in [0.15, 0.2) is 48.5 Å². The summed E-state index contributed by atoms with van der Waals surface area (Å²) in [6.07, 6.45) is 6.31. The standard InChI is InChI=1S/C23H31NO3/c1-3-5-6-7-20(4-2)24-23(26)17-27-22-14-10-19(11-15-22)16-18-8-12-21(25)13-9-18/h8-15,20,25H,3-7,16-17H2,1-2H3,(H,24,26). The third kappa shape index (κ3) is 7.73. The lowest BCUT2D eigenvalue weighted by Gasteiger charge is -2.17. The Labute approximate surface area is 162 Å². The van der Waals surface area contributed by atoms with E-state index in [9.17, 15) is 9.90 Å². The lowest BCUT2D eigenvalue weighted by atomic mass is 10.0. The lowest BCUT2D eigenvalue weighted by Crippen LogP contribution is -2.37. The van der Waals surface area contributed by atoms with Gasteiger partial charge in [0.1, 0.15) is 11.5 Å². The summed E-state index contributed by atoms with van der Waals surface area (Å²) >= 11 is 0. The van der Waals surface area contributed by atoms with Gasteiger partial charge in [-0.25, -0.2) is 0 Å². The zero-order valence-electron chi connectivity index (χ0n) is 16.4. The fraction of sp³-hybridized carbons (Fsp3) is 0.435. The van der Waals surface area contributed by atoms with Crippen LogP contribution in [0.25, 0.3) is 0 Å². The lowest BCUT2D eigenvalue weighted by molar-refractivity contribution is -0.123. The topological polar surface area (TPSA) is 58.6 Å². The first kappa shape index (κ1) is 20.8. The highest BCUT2D eigenvalue weighted by Crippen LogP contribution is 2.17. The van der Waals surface area contributed by atoms with Crippen LogP contribution < -0.4 is 10.1 Å². The molecule has 1 unspecified atom stereocenters. The molecule has 0 bridgehead atoms. The van der Waals surface area contributed by atoms with E-state index in [4.69, 9.17) is 4.74 Å². The Morgan fingerprint density at radius 2 is 1.63 bits per heavy atom. The largest absolute Gasteiger partial charge is 0.508 e. The number of nitrogens with one attached hydrogen (secondary N) is 1. The minimum Gasteiger partial charge on any atom is -0.508 e. The normalized spacial score (nSPS) is 11.8. The summed E-state index contributed by atoms with van der Waals surface area (Å²) in [5.41, 5.74) is 2.29. The predicted octanol–water partition coefficient (Wildman–Crippen LogP) is 4.84. The van der Waals surface area contributed by atoms with Crippen LogP contribution in [0.4, 0.5) is 0 Å². The van der Waals surface area contributed by atoms with Crippen LogP contribution in [0, 0.1) is 0 Å². The number of benzene rings is 2. The van der Waals surface area contributed by atoms with Crippen LogP contribution in [-0.4, -0.2) is 23.7 Å². The molecule has 2 N–H and O–H groups in total. The van der Waals surface area contributed by atoms with E-state index in [1.807, 2.05) is 36.4 Å². The van der Waals surface area contributed by atoms with Crippen molar-refractivity contribution in [2.45, 2.75) is 58.4 Å². The van der Waals surface area contributed by atoms with E-state index in [2.05, 4.69) is 19.2 Å². The van der Waals surface area contributed by atoms with Gasteiger partial charge in [0.25, 0.3) is 5.91 Å². The second kappa shape index (κ2) is 11.3. The minimum absolute atomic E-state index is 0.0432. The van der Waals surface area contributed by atoms with Crippen LogP contribution in [0.1, 0.15) is 57.1 Å². The molecule has 0 saturated heterocycles. The molecule has 2 aromatic carbocycles. The molecule has 0 aliphatic heterocycles. The predicted molar refractivity (Wildman–Crippen MR) is 109 cm³/mol. The van der Waals surface area contributed by atoms with Crippen molar-refractivity contribution in [1.29, 1.82) is 0 Å². The molecule has 4 heteroatoms. The van der Waals surface area contributed by atoms with Gasteiger partial charge in [-0.3, -0.25) is 4.79 Å². The second-order valence-corrected chi connectivity index (χ2v) is 6.94. The highest BCUT2D eigenvalue weighted by molar-refractivity contribution is 5.77. The van der Waals surface area contributed by atoms with Crippen molar-refractivity contribution in [3.05, 3.63) is 59.7 Å². The van der Waals surface area contributed by atoms with E-state index in [1.54, 1.807) is 12.1 Å². The zero-order chi connectivity index (χ0) is 19.5. The molecule has 0 spiro atoms. The SMILES string of the molecule is CCCCCC(CC)NC(=O)COc1ccc(Cc2ccc(O)cc2)cc1. The van der Waals surface area contributed by atoms with Crippen LogP contribution in [0.5, 0.6) is 11.5 Å². The number of hydrogen-bond acceptors (Lipinski definition) is 3. The van der Waals surface area contributed by atoms with E-state index in [1.165, 1.54) is 12.8 Å². The van der Waals surface area contributed by atoms with E-state index < -0.39 is 0 Å². The fourth-order valence-electron chi connectivity index (χ4n) is 2.99. The molecule has 0 saturated carbocycles. The monoisotopic (exact) mass is 369 g/mol. The number of carbonyl (C=O) groups is 1. The molecule has 0 fully saturated rings. The number of rotatable bonds is 11. The van der Waals surface area contributed by atoms with Gasteiger partial charge in [0, 0.05) is 6.04 Å². The maximum Gasteiger partial charge on any atom is 0.258 e. The van der Waals surface area contributed by atoms with Crippen molar-refractivity contribution in [3.63, 3.8) is 0 Å². The summed E-state index contributed by atoms with van der Waals surface area (Å²) in [5.74, 6) is 0.904. The smallest absolute Gasteiger partial charge is 0.258 e. The van der Waals surface area contributed by atoms with Crippen molar-refractivity contribution >= 4 is 5.91 Å². The average Bonchev–Trinajstić information content (AvgIpc) is 2.68. The number of hydrogen-bond donors (Lipinski definition) is 2. The number of aromatic hydroxyl groups is 1. The summed E-state index contributed by atoms with van der Waals surface area (Å²) in [7, 11) is 0. The minimum atomic E-state index is -0.0634. The Hall–Kier alpha value is -2.49. The van der Waals surface area contributed by atoms with Crippen molar-refractivity contribution in [1.82, 2.24) is 5.32 Å². The molecule has 4 nitrogen and oxygen atoms in total. The molecule has 27 heavy (non-hydrogen) atoms. The molecule has 2 rings (SSSR count). The van der Waals surface area contributed by atoms with Crippen LogP contribution in [-0.2, 0) is 11.2 Å². The summed E-state index contributed by atoms with van der Waals surface area (Å²) in [6, 6.07) is 15.2. The van der Waals surface area contributed by atoms with Gasteiger partial charge >= 0.3 is 0 Å². The first-order chi connectivity index (χ1) is 13.1. The molecular weight excluding hydrogens is 338 g/mol. The van der Waals surface area contributed by atoms with Crippen molar-refractivity contribution < 1.29 is 14.6 Å². The first-order valence-corrected chi connectivity index (χ1v) is 9.89. The van der Waals surface area contributed by atoms with E-state index in [-0.39, 0.29) is 24.3 Å². The van der Waals surface area contributed by atoms with Gasteiger partial charge in [0.05, 0.1) is 0 Å².